The molecule has 2 rings (SSSR count). The highest BCUT2D eigenvalue weighted by molar-refractivity contribution is 6.31. The Morgan fingerprint density at radius 1 is 1.33 bits per heavy atom. The molecule has 4 nitrogen and oxygen atoms in total. The largest absolute Gasteiger partial charge is 0.335 e. The van der Waals surface area contributed by atoms with Gasteiger partial charge in [-0.3, -0.25) is 9.48 Å². The minimum atomic E-state index is 0.0560. The van der Waals surface area contributed by atoms with Gasteiger partial charge in [-0.15, -0.1) is 13.2 Å². The van der Waals surface area contributed by atoms with Crippen molar-refractivity contribution in [2.75, 3.05) is 13.1 Å². The van der Waals surface area contributed by atoms with E-state index in [-0.39, 0.29) is 5.91 Å². The second kappa shape index (κ2) is 7.09. The number of aromatic nitrogens is 2. The summed E-state index contributed by atoms with van der Waals surface area (Å²) < 4.78 is 1.80. The van der Waals surface area contributed by atoms with Crippen LogP contribution in [0.5, 0.6) is 0 Å². The molecule has 0 spiro atoms. The van der Waals surface area contributed by atoms with Gasteiger partial charge in [-0.25, -0.2) is 0 Å². The number of hydrogen-bond acceptors (Lipinski definition) is 2. The summed E-state index contributed by atoms with van der Waals surface area (Å²) in [4.78, 5) is 13.9. The van der Waals surface area contributed by atoms with Gasteiger partial charge in [0.1, 0.15) is 0 Å². The van der Waals surface area contributed by atoms with Crippen molar-refractivity contribution in [3.63, 3.8) is 0 Å². The first-order valence-electron chi connectivity index (χ1n) is 6.76. The van der Waals surface area contributed by atoms with Crippen LogP contribution in [0.1, 0.15) is 6.42 Å². The SMILES string of the molecule is C=CCN(CC=C)C(=O)CCn1ncc2ccc(Cl)cc21. The smallest absolute Gasteiger partial charge is 0.224 e. The minimum Gasteiger partial charge on any atom is -0.335 e. The number of rotatable bonds is 7. The van der Waals surface area contributed by atoms with E-state index in [4.69, 9.17) is 11.6 Å². The number of amides is 1. The predicted octanol–water partition coefficient (Wildman–Crippen LogP) is 3.28. The van der Waals surface area contributed by atoms with Crippen molar-refractivity contribution < 1.29 is 4.79 Å². The van der Waals surface area contributed by atoms with Gasteiger partial charge in [-0.1, -0.05) is 23.8 Å². The van der Waals surface area contributed by atoms with Crippen LogP contribution < -0.4 is 0 Å². The monoisotopic (exact) mass is 303 g/mol. The Hall–Kier alpha value is -2.07. The molecule has 1 heterocycles. The maximum Gasteiger partial charge on any atom is 0.224 e. The summed E-state index contributed by atoms with van der Waals surface area (Å²) in [5.41, 5.74) is 0.939. The standard InChI is InChI=1S/C16H18ClN3O/c1-3-8-19(9-4-2)16(21)7-10-20-15-11-14(17)6-5-13(15)12-18-20/h3-6,11-12H,1-2,7-10H2. The summed E-state index contributed by atoms with van der Waals surface area (Å²) in [6, 6.07) is 5.61. The van der Waals surface area contributed by atoms with E-state index >= 15 is 0 Å². The number of hydrogen-bond donors (Lipinski definition) is 0. The molecule has 0 saturated heterocycles. The molecule has 1 aromatic carbocycles. The number of aryl methyl sites for hydroxylation is 1. The first-order valence-corrected chi connectivity index (χ1v) is 7.14. The maximum atomic E-state index is 12.2. The van der Waals surface area contributed by atoms with Crippen LogP contribution >= 0.6 is 11.6 Å². The van der Waals surface area contributed by atoms with Crippen molar-refractivity contribution >= 4 is 28.4 Å². The van der Waals surface area contributed by atoms with E-state index in [1.807, 2.05) is 18.2 Å². The first-order chi connectivity index (χ1) is 10.2. The zero-order chi connectivity index (χ0) is 15.2. The van der Waals surface area contributed by atoms with Crippen LogP contribution in [0.4, 0.5) is 0 Å². The number of halogens is 1. The van der Waals surface area contributed by atoms with Gasteiger partial charge in [0, 0.05) is 29.9 Å². The normalized spacial score (nSPS) is 10.5. The number of nitrogens with zero attached hydrogens (tertiary/aromatic N) is 3. The lowest BCUT2D eigenvalue weighted by Gasteiger charge is -2.19. The van der Waals surface area contributed by atoms with Gasteiger partial charge in [-0.2, -0.15) is 5.10 Å². The van der Waals surface area contributed by atoms with Crippen LogP contribution in [0.2, 0.25) is 5.02 Å². The Bertz CT molecular complexity index is 653. The van der Waals surface area contributed by atoms with E-state index < -0.39 is 0 Å². The highest BCUT2D eigenvalue weighted by Crippen LogP contribution is 2.19. The highest BCUT2D eigenvalue weighted by atomic mass is 35.5. The lowest BCUT2D eigenvalue weighted by atomic mass is 10.2. The molecule has 110 valence electrons. The van der Waals surface area contributed by atoms with E-state index in [0.29, 0.717) is 31.1 Å². The Balaban J connectivity index is 2.06. The molecule has 0 aliphatic heterocycles. The molecule has 0 aliphatic rings. The van der Waals surface area contributed by atoms with Gasteiger partial charge < -0.3 is 4.90 Å². The summed E-state index contributed by atoms with van der Waals surface area (Å²) >= 11 is 6.00. The van der Waals surface area contributed by atoms with Crippen molar-refractivity contribution in [1.82, 2.24) is 14.7 Å². The summed E-state index contributed by atoms with van der Waals surface area (Å²) in [5.74, 6) is 0.0560. The third-order valence-electron chi connectivity index (χ3n) is 3.20. The summed E-state index contributed by atoms with van der Waals surface area (Å²) in [6.45, 7) is 8.90. The van der Waals surface area contributed by atoms with E-state index in [1.165, 1.54) is 0 Å². The van der Waals surface area contributed by atoms with Crippen molar-refractivity contribution in [3.05, 3.63) is 54.7 Å². The molecular formula is C16H18ClN3O. The minimum absolute atomic E-state index is 0.0560. The highest BCUT2D eigenvalue weighted by Gasteiger charge is 2.12. The molecular weight excluding hydrogens is 286 g/mol. The summed E-state index contributed by atoms with van der Waals surface area (Å²) in [5, 5.41) is 5.98. The number of carbonyl (C=O) groups excluding carboxylic acids is 1. The fourth-order valence-corrected chi connectivity index (χ4v) is 2.34. The number of fused-ring (bicyclic) bond motifs is 1. The summed E-state index contributed by atoms with van der Waals surface area (Å²) in [6.07, 6.45) is 5.58. The molecule has 0 fully saturated rings. The molecule has 2 aromatic rings. The molecule has 0 saturated carbocycles. The van der Waals surface area contributed by atoms with Gasteiger partial charge in [0.15, 0.2) is 0 Å². The molecule has 0 unspecified atom stereocenters. The zero-order valence-electron chi connectivity index (χ0n) is 11.8. The third kappa shape index (κ3) is 3.73. The number of carbonyl (C=O) groups is 1. The second-order valence-electron chi connectivity index (χ2n) is 4.70. The van der Waals surface area contributed by atoms with Crippen LogP contribution in [-0.4, -0.2) is 33.7 Å². The Kier molecular flexibility index (Phi) is 5.17. The Morgan fingerprint density at radius 2 is 2.05 bits per heavy atom. The van der Waals surface area contributed by atoms with Crippen molar-refractivity contribution in [3.8, 4) is 0 Å². The van der Waals surface area contributed by atoms with Crippen molar-refractivity contribution in [2.45, 2.75) is 13.0 Å². The van der Waals surface area contributed by atoms with E-state index in [0.717, 1.165) is 10.9 Å². The third-order valence-corrected chi connectivity index (χ3v) is 3.43. The van der Waals surface area contributed by atoms with Crippen LogP contribution in [0.15, 0.2) is 49.7 Å². The topological polar surface area (TPSA) is 38.1 Å². The Morgan fingerprint density at radius 3 is 2.71 bits per heavy atom. The van der Waals surface area contributed by atoms with Crippen LogP contribution in [0, 0.1) is 0 Å². The quantitative estimate of drug-likeness (QED) is 0.736. The Labute approximate surface area is 129 Å². The lowest BCUT2D eigenvalue weighted by Crippen LogP contribution is -2.31. The second-order valence-corrected chi connectivity index (χ2v) is 5.13. The van der Waals surface area contributed by atoms with Gasteiger partial charge in [0.2, 0.25) is 5.91 Å². The first kappa shape index (κ1) is 15.3. The predicted molar refractivity (Wildman–Crippen MR) is 86.3 cm³/mol. The fraction of sp³-hybridized carbons (Fsp3) is 0.250. The number of benzene rings is 1. The van der Waals surface area contributed by atoms with E-state index in [1.54, 1.807) is 27.9 Å². The van der Waals surface area contributed by atoms with E-state index in [2.05, 4.69) is 18.3 Å². The average molecular weight is 304 g/mol. The molecule has 0 bridgehead atoms. The molecule has 0 N–H and O–H groups in total. The summed E-state index contributed by atoms with van der Waals surface area (Å²) in [7, 11) is 0. The van der Waals surface area contributed by atoms with Gasteiger partial charge in [0.25, 0.3) is 0 Å². The average Bonchev–Trinajstić information content (AvgIpc) is 2.87. The van der Waals surface area contributed by atoms with Gasteiger partial charge in [-0.05, 0) is 18.2 Å². The van der Waals surface area contributed by atoms with E-state index in [9.17, 15) is 4.79 Å². The van der Waals surface area contributed by atoms with Crippen molar-refractivity contribution in [2.24, 2.45) is 0 Å². The van der Waals surface area contributed by atoms with Gasteiger partial charge >= 0.3 is 0 Å². The van der Waals surface area contributed by atoms with Gasteiger partial charge in [0.05, 0.1) is 18.3 Å². The fourth-order valence-electron chi connectivity index (χ4n) is 2.17. The van der Waals surface area contributed by atoms with Crippen LogP contribution in [-0.2, 0) is 11.3 Å². The van der Waals surface area contributed by atoms with Crippen molar-refractivity contribution in [1.29, 1.82) is 0 Å². The molecule has 0 atom stereocenters. The molecule has 5 heteroatoms. The molecule has 0 aliphatic carbocycles. The maximum absolute atomic E-state index is 12.2. The molecule has 0 radical (unpaired) electrons. The molecule has 1 aromatic heterocycles. The molecule has 1 amide bonds. The zero-order valence-corrected chi connectivity index (χ0v) is 12.6. The van der Waals surface area contributed by atoms with Crippen LogP contribution in [0.3, 0.4) is 0 Å². The molecule has 21 heavy (non-hydrogen) atoms. The lowest BCUT2D eigenvalue weighted by molar-refractivity contribution is -0.130. The van der Waals surface area contributed by atoms with Crippen LogP contribution in [0.25, 0.3) is 10.9 Å².